The first-order valence-corrected chi connectivity index (χ1v) is 30.4. The van der Waals surface area contributed by atoms with E-state index in [9.17, 15) is 0 Å². The van der Waals surface area contributed by atoms with Crippen molar-refractivity contribution >= 4 is 111 Å². The summed E-state index contributed by atoms with van der Waals surface area (Å²) >= 11 is 8.91. The fourth-order valence-electron chi connectivity index (χ4n) is 8.69. The summed E-state index contributed by atoms with van der Waals surface area (Å²) in [4.78, 5) is 33.2. The van der Waals surface area contributed by atoms with Gasteiger partial charge in [-0.05, 0) is 208 Å². The Morgan fingerprint density at radius 3 is 1.71 bits per heavy atom. The number of thiazole rings is 1. The molecule has 0 bridgehead atoms. The first-order valence-electron chi connectivity index (χ1n) is 28.5. The zero-order chi connectivity index (χ0) is 62.7. The summed E-state index contributed by atoms with van der Waals surface area (Å²) in [5.41, 5.74) is 18.5. The molecule has 0 aliphatic carbocycles. The molecule has 16 aromatic rings. The molecule has 0 atom stereocenters. The van der Waals surface area contributed by atoms with Crippen molar-refractivity contribution in [1.82, 2.24) is 58.9 Å². The molecule has 0 saturated heterocycles. The molecular weight excluding hydrogens is 1160 g/mol. The van der Waals surface area contributed by atoms with Crippen molar-refractivity contribution in [2.45, 2.75) is 62.3 Å². The minimum absolute atomic E-state index is 0.784. The predicted octanol–water partition coefficient (Wildman–Crippen LogP) is 19.1. The van der Waals surface area contributed by atoms with Gasteiger partial charge in [0.15, 0.2) is 0 Å². The van der Waals surface area contributed by atoms with Crippen LogP contribution in [0.25, 0.3) is 75.9 Å². The fraction of sp³-hybridized carbons (Fsp3) is 0.123. The molecule has 444 valence electrons. The molecule has 0 N–H and O–H groups in total. The van der Waals surface area contributed by atoms with E-state index in [4.69, 9.17) is 11.6 Å². The molecule has 0 fully saturated rings. The van der Waals surface area contributed by atoms with E-state index in [0.29, 0.717) is 0 Å². The Labute approximate surface area is 531 Å². The standard InChI is InChI=1S/C10H8ClN.2C10H9N.C9H8N2.C8H7NS.C7H6N2O.C7H6N2S.2C6H7N/c1-7-4-9(11)5-8-2-3-12-6-10(7)8;1-8-4-2-5-9-6-3-7-11-10(8)9;1-8-6-7-11-10-5-3-2-4-9(8)10;1-7-3-2-4-8-9(7)11-6-5-10-8;1-6-9-7-4-2-3-5-8(7)10-6;1-5-2-3-6-7(4-5)9-10-8-6;1-5-3-2-4-6-7(5)9-10-8-6;1-6-3-2-4-7-5-6;1-6-4-2-3-5-7-6/h2-6H,1H3;2*2-7H,1H3;2-6H,1H3;2-5H,1H3;2*2-4H,1H3;2*2-5H,1H3. The Morgan fingerprint density at radius 2 is 1.01 bits per heavy atom. The van der Waals surface area contributed by atoms with Crippen molar-refractivity contribution < 1.29 is 4.63 Å². The van der Waals surface area contributed by atoms with E-state index < -0.39 is 0 Å². The van der Waals surface area contributed by atoms with Crippen molar-refractivity contribution in [3.8, 4) is 0 Å². The van der Waals surface area contributed by atoms with Crippen LogP contribution < -0.4 is 0 Å². The van der Waals surface area contributed by atoms with Gasteiger partial charge >= 0.3 is 0 Å². The molecule has 9 heterocycles. The van der Waals surface area contributed by atoms with Gasteiger partial charge in [-0.2, -0.15) is 8.75 Å². The van der Waals surface area contributed by atoms with Crippen LogP contribution >= 0.6 is 34.7 Å². The number of aromatic nitrogens is 12. The number of rotatable bonds is 0. The van der Waals surface area contributed by atoms with Gasteiger partial charge in [-0.25, -0.2) is 9.61 Å². The molecule has 0 aliphatic heterocycles. The largest absolute Gasteiger partial charge is 0.264 e. The number of hydrogen-bond acceptors (Lipinski definition) is 15. The molecule has 0 unspecified atom stereocenters. The van der Waals surface area contributed by atoms with Gasteiger partial charge in [0.25, 0.3) is 0 Å². The third kappa shape index (κ3) is 19.9. The molecule has 16 heteroatoms. The molecule has 0 amide bonds. The molecule has 89 heavy (non-hydrogen) atoms. The lowest BCUT2D eigenvalue weighted by molar-refractivity contribution is 0.315. The summed E-state index contributed by atoms with van der Waals surface area (Å²) in [6.45, 7) is 18.3. The first-order chi connectivity index (χ1) is 43.3. The number of aryl methyl sites for hydroxylation is 9. The summed E-state index contributed by atoms with van der Waals surface area (Å²) in [5.74, 6) is 0. The maximum atomic E-state index is 5.90. The smallest absolute Gasteiger partial charge is 0.135 e. The Morgan fingerprint density at radius 1 is 0.360 bits per heavy atom. The summed E-state index contributed by atoms with van der Waals surface area (Å²) < 4.78 is 14.1. The zero-order valence-electron chi connectivity index (χ0n) is 51.1. The van der Waals surface area contributed by atoms with E-state index in [2.05, 4.69) is 114 Å². The number of hydrogen-bond donors (Lipinski definition) is 0. The van der Waals surface area contributed by atoms with E-state index in [1.165, 1.54) is 71.5 Å². The van der Waals surface area contributed by atoms with Crippen LogP contribution in [-0.2, 0) is 0 Å². The lowest BCUT2D eigenvalue weighted by atomic mass is 10.1. The van der Waals surface area contributed by atoms with Crippen molar-refractivity contribution in [3.63, 3.8) is 0 Å². The second-order valence-electron chi connectivity index (χ2n) is 20.3. The van der Waals surface area contributed by atoms with Gasteiger partial charge in [0, 0.05) is 82.6 Å². The summed E-state index contributed by atoms with van der Waals surface area (Å²) in [6, 6.07) is 62.1. The molecule has 9 aromatic heterocycles. The Bertz CT molecular complexity index is 4520. The highest BCUT2D eigenvalue weighted by atomic mass is 35.5. The molecule has 16 rings (SSSR count). The number of halogens is 1. The van der Waals surface area contributed by atoms with Crippen LogP contribution in [0.2, 0.25) is 5.02 Å². The van der Waals surface area contributed by atoms with Crippen LogP contribution in [0.15, 0.2) is 248 Å². The van der Waals surface area contributed by atoms with Gasteiger partial charge in [0.05, 0.1) is 49.0 Å². The molecule has 0 saturated carbocycles. The van der Waals surface area contributed by atoms with E-state index in [1.54, 1.807) is 42.3 Å². The van der Waals surface area contributed by atoms with E-state index in [1.807, 2.05) is 225 Å². The van der Waals surface area contributed by atoms with Gasteiger partial charge in [-0.3, -0.25) is 34.9 Å². The quantitative estimate of drug-likeness (QED) is 0.141. The third-order valence-electron chi connectivity index (χ3n) is 13.2. The fourth-order valence-corrected chi connectivity index (χ4v) is 10.4. The number of fused-ring (bicyclic) bond motifs is 7. The molecule has 0 aliphatic rings. The van der Waals surface area contributed by atoms with E-state index in [0.717, 1.165) is 70.8 Å². The highest BCUT2D eigenvalue weighted by Gasteiger charge is 2.02. The zero-order valence-corrected chi connectivity index (χ0v) is 53.5. The second kappa shape index (κ2) is 33.6. The normalized spacial score (nSPS) is 10.1. The minimum Gasteiger partial charge on any atom is -0.264 e. The summed E-state index contributed by atoms with van der Waals surface area (Å²) in [7, 11) is 0. The Hall–Kier alpha value is -10.2. The lowest BCUT2D eigenvalue weighted by Crippen LogP contribution is -1.83. The third-order valence-corrected chi connectivity index (χ3v) is 15.0. The van der Waals surface area contributed by atoms with Gasteiger partial charge in [0.2, 0.25) is 0 Å². The van der Waals surface area contributed by atoms with E-state index >= 15 is 0 Å². The van der Waals surface area contributed by atoms with Crippen LogP contribution in [0.5, 0.6) is 0 Å². The Kier molecular flexibility index (Phi) is 24.5. The maximum absolute atomic E-state index is 5.90. The number of para-hydroxylation sites is 4. The summed E-state index contributed by atoms with van der Waals surface area (Å²) in [5, 5.41) is 14.1. The number of nitrogens with zero attached hydrogens (tertiary/aromatic N) is 12. The molecule has 0 spiro atoms. The van der Waals surface area contributed by atoms with Crippen LogP contribution in [0.1, 0.15) is 49.6 Å². The van der Waals surface area contributed by atoms with Gasteiger partial charge in [-0.1, -0.05) is 109 Å². The number of pyridine rings is 5. The average Bonchev–Trinajstić information content (AvgIpc) is 3.79. The highest BCUT2D eigenvalue weighted by Crippen LogP contribution is 2.23. The van der Waals surface area contributed by atoms with Crippen LogP contribution in [0.4, 0.5) is 0 Å². The highest BCUT2D eigenvalue weighted by molar-refractivity contribution is 7.18. The Balaban J connectivity index is 0.000000130. The molecule has 13 nitrogen and oxygen atoms in total. The van der Waals surface area contributed by atoms with E-state index in [-0.39, 0.29) is 0 Å². The number of benzene rings is 7. The average molecular weight is 1230 g/mol. The van der Waals surface area contributed by atoms with Crippen molar-refractivity contribution in [2.24, 2.45) is 0 Å². The first kappa shape index (κ1) is 64.8. The van der Waals surface area contributed by atoms with Gasteiger partial charge < -0.3 is 0 Å². The predicted molar refractivity (Wildman–Crippen MR) is 370 cm³/mol. The monoisotopic (exact) mass is 1230 g/mol. The minimum atomic E-state index is 0.784. The van der Waals surface area contributed by atoms with Crippen LogP contribution in [0, 0.1) is 62.3 Å². The maximum Gasteiger partial charge on any atom is 0.135 e. The topological polar surface area (TPSA) is 168 Å². The van der Waals surface area contributed by atoms with Crippen LogP contribution in [0.3, 0.4) is 0 Å². The lowest BCUT2D eigenvalue weighted by Gasteiger charge is -2.00. The van der Waals surface area contributed by atoms with Crippen LogP contribution in [-0.4, -0.2) is 58.9 Å². The molecular formula is C73H67ClN12OS2. The van der Waals surface area contributed by atoms with Crippen molar-refractivity contribution in [3.05, 3.63) is 298 Å². The summed E-state index contributed by atoms with van der Waals surface area (Å²) in [6.07, 6.45) is 16.1. The van der Waals surface area contributed by atoms with Gasteiger partial charge in [-0.15, -0.1) is 11.3 Å². The van der Waals surface area contributed by atoms with Crippen molar-refractivity contribution in [1.29, 1.82) is 0 Å². The molecule has 7 aromatic carbocycles. The molecule has 0 radical (unpaired) electrons. The second-order valence-corrected chi connectivity index (χ2v) is 22.5. The SMILES string of the molecule is Cc1cc(Cl)cc2ccncc12.Cc1ccc2nonc2c1.Cc1cccc2cccnc12.Cc1cccc2nccnc12.Cc1cccc2nsnc12.Cc1ccccn1.Cc1cccnc1.Cc1ccnc2ccccc12.Cc1nc2ccccc2s1. The van der Waals surface area contributed by atoms with Crippen molar-refractivity contribution in [2.75, 3.05) is 0 Å². The van der Waals surface area contributed by atoms with Gasteiger partial charge in [0.1, 0.15) is 22.1 Å².